The third-order valence-electron chi connectivity index (χ3n) is 5.61. The lowest BCUT2D eigenvalue weighted by Gasteiger charge is -2.22. The van der Waals surface area contributed by atoms with E-state index in [9.17, 15) is 13.2 Å². The smallest absolute Gasteiger partial charge is 0.241 e. The quantitative estimate of drug-likeness (QED) is 0.354. The van der Waals surface area contributed by atoms with Crippen molar-refractivity contribution in [1.29, 1.82) is 0 Å². The molecule has 0 radical (unpaired) electrons. The van der Waals surface area contributed by atoms with Gasteiger partial charge in [0.2, 0.25) is 15.9 Å². The molecule has 1 aromatic heterocycles. The minimum absolute atomic E-state index is 0.247. The number of para-hydroxylation sites is 1. The van der Waals surface area contributed by atoms with Gasteiger partial charge in [-0.1, -0.05) is 48.5 Å². The average Bonchev–Trinajstić information content (AvgIpc) is 3.31. The summed E-state index contributed by atoms with van der Waals surface area (Å²) in [5.41, 5.74) is 3.20. The predicted molar refractivity (Wildman–Crippen MR) is 140 cm³/mol. The molecule has 36 heavy (non-hydrogen) atoms. The normalized spacial score (nSPS) is 11.2. The molecule has 0 fully saturated rings. The number of hydrogen-bond donors (Lipinski definition) is 1. The lowest BCUT2D eigenvalue weighted by atomic mass is 10.1. The maximum absolute atomic E-state index is 12.8. The van der Waals surface area contributed by atoms with Gasteiger partial charge in [-0.15, -0.1) is 0 Å². The van der Waals surface area contributed by atoms with Gasteiger partial charge in [-0.25, -0.2) is 13.4 Å². The first-order valence-electron chi connectivity index (χ1n) is 11.4. The highest BCUT2D eigenvalue weighted by Crippen LogP contribution is 2.22. The Labute approximate surface area is 211 Å². The standard InChI is InChI=1S/C27H28N4O4S/c1-21-28-16-17-30(21)26-11-7-6-10-23(26)18-29-27(32)19-31(36(2,33)34)24-12-14-25(15-13-24)35-20-22-8-4-3-5-9-22/h3-17H,18-20H2,1-2H3,(H,29,32). The topological polar surface area (TPSA) is 93.5 Å². The molecule has 0 bridgehead atoms. The number of imidazole rings is 1. The van der Waals surface area contributed by atoms with Crippen molar-refractivity contribution in [3.63, 3.8) is 0 Å². The number of amides is 1. The highest BCUT2D eigenvalue weighted by atomic mass is 32.2. The summed E-state index contributed by atoms with van der Waals surface area (Å²) in [6, 6.07) is 24.1. The zero-order chi connectivity index (χ0) is 25.5. The second kappa shape index (κ2) is 11.1. The number of nitrogens with one attached hydrogen (secondary N) is 1. The van der Waals surface area contributed by atoms with Gasteiger partial charge in [-0.3, -0.25) is 9.10 Å². The molecule has 0 saturated carbocycles. The summed E-state index contributed by atoms with van der Waals surface area (Å²) in [6.07, 6.45) is 4.65. The van der Waals surface area contributed by atoms with Crippen molar-refractivity contribution >= 4 is 21.6 Å². The van der Waals surface area contributed by atoms with Crippen LogP contribution < -0.4 is 14.4 Å². The molecule has 1 N–H and O–H groups in total. The van der Waals surface area contributed by atoms with Gasteiger partial charge in [-0.05, 0) is 48.4 Å². The number of carbonyl (C=O) groups excluding carboxylic acids is 1. The van der Waals surface area contributed by atoms with Gasteiger partial charge in [-0.2, -0.15) is 0 Å². The number of aryl methyl sites for hydroxylation is 1. The lowest BCUT2D eigenvalue weighted by molar-refractivity contribution is -0.119. The Hall–Kier alpha value is -4.11. The first-order chi connectivity index (χ1) is 17.3. The minimum Gasteiger partial charge on any atom is -0.489 e. The SMILES string of the molecule is Cc1nccn1-c1ccccc1CNC(=O)CN(c1ccc(OCc2ccccc2)cc1)S(C)(=O)=O. The van der Waals surface area contributed by atoms with E-state index < -0.39 is 15.9 Å². The predicted octanol–water partition coefficient (Wildman–Crippen LogP) is 3.84. The molecule has 4 rings (SSSR count). The molecule has 4 aromatic rings. The summed E-state index contributed by atoms with van der Waals surface area (Å²) < 4.78 is 33.8. The number of hydrogen-bond acceptors (Lipinski definition) is 5. The summed E-state index contributed by atoms with van der Waals surface area (Å²) in [4.78, 5) is 17.0. The van der Waals surface area contributed by atoms with Gasteiger partial charge in [0, 0.05) is 18.9 Å². The third-order valence-corrected chi connectivity index (χ3v) is 6.75. The van der Waals surface area contributed by atoms with E-state index in [1.165, 1.54) is 0 Å². The Morgan fingerprint density at radius 3 is 2.36 bits per heavy atom. The van der Waals surface area contributed by atoms with Gasteiger partial charge in [0.05, 0.1) is 17.6 Å². The Bertz CT molecular complexity index is 1420. The van der Waals surface area contributed by atoms with Crippen LogP contribution in [0.5, 0.6) is 5.75 Å². The molecule has 186 valence electrons. The van der Waals surface area contributed by atoms with E-state index in [0.717, 1.165) is 33.2 Å². The Morgan fingerprint density at radius 2 is 1.69 bits per heavy atom. The van der Waals surface area contributed by atoms with Gasteiger partial charge in [0.1, 0.15) is 24.7 Å². The monoisotopic (exact) mass is 504 g/mol. The van der Waals surface area contributed by atoms with Gasteiger partial charge >= 0.3 is 0 Å². The van der Waals surface area contributed by atoms with Crippen LogP contribution in [-0.4, -0.2) is 36.7 Å². The van der Waals surface area contributed by atoms with Crippen molar-refractivity contribution in [2.45, 2.75) is 20.1 Å². The van der Waals surface area contributed by atoms with Crippen LogP contribution in [0.4, 0.5) is 5.69 Å². The fraction of sp³-hybridized carbons (Fsp3) is 0.185. The molecule has 0 saturated heterocycles. The molecule has 1 amide bonds. The van der Waals surface area contributed by atoms with E-state index in [1.54, 1.807) is 30.5 Å². The summed E-state index contributed by atoms with van der Waals surface area (Å²) in [5, 5.41) is 2.84. The fourth-order valence-corrected chi connectivity index (χ4v) is 4.61. The Morgan fingerprint density at radius 1 is 1.00 bits per heavy atom. The number of sulfonamides is 1. The highest BCUT2D eigenvalue weighted by Gasteiger charge is 2.21. The molecule has 0 aliphatic carbocycles. The zero-order valence-corrected chi connectivity index (χ0v) is 21.0. The third kappa shape index (κ3) is 6.31. The van der Waals surface area contributed by atoms with Crippen molar-refractivity contribution in [2.24, 2.45) is 0 Å². The van der Waals surface area contributed by atoms with E-state index in [-0.39, 0.29) is 13.1 Å². The zero-order valence-electron chi connectivity index (χ0n) is 20.2. The van der Waals surface area contributed by atoms with Crippen molar-refractivity contribution in [1.82, 2.24) is 14.9 Å². The number of anilines is 1. The van der Waals surface area contributed by atoms with Crippen LogP contribution in [0.25, 0.3) is 5.69 Å². The summed E-state index contributed by atoms with van der Waals surface area (Å²) in [6.45, 7) is 2.21. The Kier molecular flexibility index (Phi) is 7.70. The summed E-state index contributed by atoms with van der Waals surface area (Å²) in [5.74, 6) is 1.02. The van der Waals surface area contributed by atoms with Crippen molar-refractivity contribution in [3.8, 4) is 11.4 Å². The van der Waals surface area contributed by atoms with Crippen LogP contribution in [0.3, 0.4) is 0 Å². The van der Waals surface area contributed by atoms with Gasteiger partial charge < -0.3 is 14.6 Å². The molecule has 1 heterocycles. The highest BCUT2D eigenvalue weighted by molar-refractivity contribution is 7.92. The largest absolute Gasteiger partial charge is 0.489 e. The van der Waals surface area contributed by atoms with Crippen LogP contribution in [0, 0.1) is 6.92 Å². The van der Waals surface area contributed by atoms with E-state index in [2.05, 4.69) is 10.3 Å². The van der Waals surface area contributed by atoms with Crippen LogP contribution in [0.2, 0.25) is 0 Å². The van der Waals surface area contributed by atoms with E-state index in [1.807, 2.05) is 72.3 Å². The van der Waals surface area contributed by atoms with E-state index in [0.29, 0.717) is 18.0 Å². The molecular weight excluding hydrogens is 476 g/mol. The minimum atomic E-state index is -3.69. The van der Waals surface area contributed by atoms with Crippen LogP contribution >= 0.6 is 0 Å². The Balaban J connectivity index is 1.41. The number of benzene rings is 3. The van der Waals surface area contributed by atoms with Crippen LogP contribution in [0.15, 0.2) is 91.3 Å². The second-order valence-electron chi connectivity index (χ2n) is 8.29. The number of rotatable bonds is 10. The first-order valence-corrected chi connectivity index (χ1v) is 13.3. The maximum Gasteiger partial charge on any atom is 0.241 e. The lowest BCUT2D eigenvalue weighted by Crippen LogP contribution is -2.40. The number of ether oxygens (including phenoxy) is 1. The van der Waals surface area contributed by atoms with Gasteiger partial charge in [0.15, 0.2) is 0 Å². The second-order valence-corrected chi connectivity index (χ2v) is 10.2. The van der Waals surface area contributed by atoms with E-state index in [4.69, 9.17) is 4.74 Å². The molecular formula is C27H28N4O4S. The number of nitrogens with zero attached hydrogens (tertiary/aromatic N) is 3. The molecule has 8 nitrogen and oxygen atoms in total. The molecule has 9 heteroatoms. The molecule has 0 unspecified atom stereocenters. The van der Waals surface area contributed by atoms with Crippen molar-refractivity contribution in [2.75, 3.05) is 17.1 Å². The van der Waals surface area contributed by atoms with Gasteiger partial charge in [0.25, 0.3) is 0 Å². The van der Waals surface area contributed by atoms with Crippen molar-refractivity contribution < 1.29 is 17.9 Å². The van der Waals surface area contributed by atoms with Crippen LogP contribution in [0.1, 0.15) is 17.0 Å². The fourth-order valence-electron chi connectivity index (χ4n) is 3.76. The average molecular weight is 505 g/mol. The first kappa shape index (κ1) is 25.0. The number of carbonyl (C=O) groups is 1. The van der Waals surface area contributed by atoms with Crippen molar-refractivity contribution in [3.05, 3.63) is 108 Å². The molecule has 0 spiro atoms. The molecule has 0 aliphatic heterocycles. The molecule has 0 atom stereocenters. The molecule has 3 aromatic carbocycles. The van der Waals surface area contributed by atoms with E-state index >= 15 is 0 Å². The van der Waals surface area contributed by atoms with Crippen LogP contribution in [-0.2, 0) is 28.0 Å². The molecule has 0 aliphatic rings. The number of aromatic nitrogens is 2. The maximum atomic E-state index is 12.8. The summed E-state index contributed by atoms with van der Waals surface area (Å²) in [7, 11) is -3.69. The summed E-state index contributed by atoms with van der Waals surface area (Å²) >= 11 is 0.